The third-order valence-corrected chi connectivity index (χ3v) is 41.1. The van der Waals surface area contributed by atoms with Crippen LogP contribution in [0, 0.1) is 27.7 Å². The van der Waals surface area contributed by atoms with Gasteiger partial charge in [0.1, 0.15) is 0 Å². The molecule has 6 rings (SSSR count). The second-order valence-electron chi connectivity index (χ2n) is 22.9. The van der Waals surface area contributed by atoms with Crippen LogP contribution in [-0.4, -0.2) is 6.88 Å². The van der Waals surface area contributed by atoms with Gasteiger partial charge in [-0.2, -0.15) is 0 Å². The Morgan fingerprint density at radius 1 is 0.536 bits per heavy atom. The van der Waals surface area contributed by atoms with Gasteiger partial charge < -0.3 is 0 Å². The summed E-state index contributed by atoms with van der Waals surface area (Å²) in [5.41, 5.74) is 17.9. The van der Waals surface area contributed by atoms with Crippen molar-refractivity contribution >= 4 is 19.0 Å². The van der Waals surface area contributed by atoms with Crippen LogP contribution in [0.4, 0.5) is 0 Å². The second-order valence-corrected chi connectivity index (χ2v) is 66.0. The van der Waals surface area contributed by atoms with E-state index in [0.717, 1.165) is 11.5 Å². The molecule has 0 N–H and O–H groups in total. The summed E-state index contributed by atoms with van der Waals surface area (Å²) in [4.78, 5) is 0. The van der Waals surface area contributed by atoms with E-state index >= 15 is 0 Å². The van der Waals surface area contributed by atoms with Gasteiger partial charge in [0.15, 0.2) is 0 Å². The van der Waals surface area contributed by atoms with E-state index in [1.165, 1.54) is 77.9 Å². The summed E-state index contributed by atoms with van der Waals surface area (Å²) < 4.78 is 22.4. The third-order valence-electron chi connectivity index (χ3n) is 13.8. The molecule has 4 aromatic carbocycles. The van der Waals surface area contributed by atoms with E-state index in [1.807, 2.05) is 0 Å². The fraction of sp³-hybridized carbons (Fsp3) is 0.462. The Kier molecular flexibility index (Phi) is 9.55. The van der Waals surface area contributed by atoms with Gasteiger partial charge in [-0.15, -0.1) is 0 Å². The fourth-order valence-electron chi connectivity index (χ4n) is 11.5. The Balaban J connectivity index is 1.94. The van der Waals surface area contributed by atoms with Gasteiger partial charge in [-0.3, -0.25) is 0 Å². The number of rotatable bonds is 8. The number of fused-ring (bicyclic) bond motifs is 2. The number of allylic oxidation sites excluding steroid dienone is 2. The van der Waals surface area contributed by atoms with Crippen molar-refractivity contribution in [2.45, 2.75) is 150 Å². The van der Waals surface area contributed by atoms with Crippen molar-refractivity contribution in [3.05, 3.63) is 139 Å². The molecule has 4 aromatic rings. The maximum atomic E-state index is 8.78. The van der Waals surface area contributed by atoms with Crippen molar-refractivity contribution in [2.75, 3.05) is 0 Å². The van der Waals surface area contributed by atoms with Crippen LogP contribution in [0.5, 0.6) is 11.5 Å². The van der Waals surface area contributed by atoms with Crippen LogP contribution < -0.4 is 5.63 Å². The molecule has 2 nitrogen and oxygen atoms in total. The second kappa shape index (κ2) is 12.5. The van der Waals surface area contributed by atoms with Crippen molar-refractivity contribution in [1.82, 2.24) is 0 Å². The predicted octanol–water partition coefficient (Wildman–Crippen LogP) is 14.8. The van der Waals surface area contributed by atoms with Crippen LogP contribution in [-0.2, 0) is 26.1 Å². The van der Waals surface area contributed by atoms with Gasteiger partial charge in [0.05, 0.1) is 0 Å². The Hall–Kier alpha value is -2.94. The first-order chi connectivity index (χ1) is 25.4. The average Bonchev–Trinajstić information content (AvgIpc) is 3.60. The van der Waals surface area contributed by atoms with Crippen molar-refractivity contribution in [3.8, 4) is 11.5 Å². The Bertz CT molecular complexity index is 2330. The van der Waals surface area contributed by atoms with Crippen LogP contribution in [0.1, 0.15) is 169 Å². The number of hydrogen-bond acceptors (Lipinski definition) is 2. The van der Waals surface area contributed by atoms with Crippen LogP contribution in [0.25, 0.3) is 12.2 Å². The molecule has 0 aromatic heterocycles. The van der Waals surface area contributed by atoms with Gasteiger partial charge in [0.25, 0.3) is 0 Å². The molecule has 0 aliphatic heterocycles. The fourth-order valence-corrected chi connectivity index (χ4v) is 44.4. The van der Waals surface area contributed by atoms with Crippen molar-refractivity contribution in [2.24, 2.45) is 0 Å². The number of aryl methyl sites for hydroxylation is 4. The quantitative estimate of drug-likeness (QED) is 0.165. The first kappa shape index (κ1) is 42.7. The van der Waals surface area contributed by atoms with Gasteiger partial charge in [-0.1, -0.05) is 0 Å². The Labute approximate surface area is 337 Å². The molecule has 2 atom stereocenters. The maximum absolute atomic E-state index is 8.78. The molecule has 0 saturated carbocycles. The van der Waals surface area contributed by atoms with Gasteiger partial charge in [-0.25, -0.2) is 0 Å². The van der Waals surface area contributed by atoms with E-state index < -0.39 is 15.3 Å². The summed E-state index contributed by atoms with van der Waals surface area (Å²) in [6, 6.07) is 23.6. The molecule has 0 radical (unpaired) electrons. The van der Waals surface area contributed by atoms with Gasteiger partial charge >= 0.3 is 340 Å². The summed E-state index contributed by atoms with van der Waals surface area (Å²) >= 11 is -6.88. The minimum atomic E-state index is -6.88. The molecule has 0 saturated heterocycles. The molecule has 300 valence electrons. The van der Waals surface area contributed by atoms with E-state index in [2.05, 4.69) is 200 Å². The molecule has 0 spiro atoms. The van der Waals surface area contributed by atoms with Crippen LogP contribution in [0.3, 0.4) is 0 Å². The standard InChI is InChI=1S/2C14H17.2C11H16O.2CH3.H2Si.Zr/c2*1-9(2)12-7-11(4)14-6-10(3)5-13(14)8-12;2*1-8-5-6-10(12)9(7-8)11(2,3)4;;;;/h2*5-9H,1-4H3;2*5-7,12H,1-4H3;2*1H3;1H2;/q;;;;;;;+2/p-2. The van der Waals surface area contributed by atoms with Crippen LogP contribution in [0.2, 0.25) is 9.26 Å². The van der Waals surface area contributed by atoms with E-state index in [4.69, 9.17) is 5.63 Å². The minimum absolute atomic E-state index is 0.150. The molecule has 0 fully saturated rings. The average molecular weight is 848 g/mol. The molecular weight excluding hydrogens is 776 g/mol. The molecule has 2 unspecified atom stereocenters. The molecule has 2 aliphatic carbocycles. The van der Waals surface area contributed by atoms with Gasteiger partial charge in [0, 0.05) is 0 Å². The first-order valence-corrected chi connectivity index (χ1v) is 36.9. The van der Waals surface area contributed by atoms with E-state index in [1.54, 1.807) is 0 Å². The van der Waals surface area contributed by atoms with Crippen molar-refractivity contribution in [1.29, 1.82) is 0 Å². The zero-order valence-corrected chi connectivity index (χ0v) is 42.1. The zero-order valence-electron chi connectivity index (χ0n) is 38.3. The van der Waals surface area contributed by atoms with Gasteiger partial charge in [0.2, 0.25) is 0 Å². The molecule has 0 amide bonds. The van der Waals surface area contributed by atoms with Crippen molar-refractivity contribution in [3.63, 3.8) is 0 Å². The molecular formula is C52H72O2SiZr. The monoisotopic (exact) mass is 846 g/mol. The number of benzene rings is 4. The zero-order chi connectivity index (χ0) is 41.8. The first-order valence-electron chi connectivity index (χ1n) is 21.2. The predicted molar refractivity (Wildman–Crippen MR) is 245 cm³/mol. The summed E-state index contributed by atoms with van der Waals surface area (Å²) in [5.74, 6) is 2.62. The Morgan fingerprint density at radius 2 is 0.875 bits per heavy atom. The van der Waals surface area contributed by atoms with E-state index in [-0.39, 0.29) is 18.1 Å². The van der Waals surface area contributed by atoms with E-state index in [0.29, 0.717) is 11.8 Å². The SMILES string of the molecule is CC1=Cc2c(C)cc(C(C)C)cc2[CH]1[Zr]([CH3])([CH3])(=[SiH2])([O]c1ccc(C)cc1C(C)(C)C)([O]c1ccc(C)cc1C(C)(C)C)[CH]1C(C)=Cc2c(C)cc(C(C)C)cc21. The van der Waals surface area contributed by atoms with Crippen LogP contribution in [0.15, 0.2) is 71.8 Å². The number of hydrogen-bond donors (Lipinski definition) is 0. The molecule has 56 heavy (non-hydrogen) atoms. The van der Waals surface area contributed by atoms with Gasteiger partial charge in [-0.05, 0) is 0 Å². The summed E-state index contributed by atoms with van der Waals surface area (Å²) in [6.07, 6.45) is 4.95. The normalized spacial score (nSPS) is 19.1. The molecule has 0 bridgehead atoms. The van der Waals surface area contributed by atoms with Crippen molar-refractivity contribution < 1.29 is 20.9 Å². The summed E-state index contributed by atoms with van der Waals surface area (Å²) in [7, 11) is 0. The molecule has 0 heterocycles. The summed E-state index contributed by atoms with van der Waals surface area (Å²) in [6.45, 7) is 39.1. The van der Waals surface area contributed by atoms with Crippen LogP contribution >= 0.6 is 0 Å². The Morgan fingerprint density at radius 3 is 1.18 bits per heavy atom. The summed E-state index contributed by atoms with van der Waals surface area (Å²) in [5, 5.41) is 0. The third kappa shape index (κ3) is 6.62. The molecule has 2 aliphatic rings. The molecule has 4 heteroatoms. The topological polar surface area (TPSA) is 18.5 Å². The van der Waals surface area contributed by atoms with E-state index in [9.17, 15) is 0 Å².